The molecule has 1 saturated heterocycles. The van der Waals surface area contributed by atoms with Gasteiger partial charge < -0.3 is 10.2 Å². The van der Waals surface area contributed by atoms with Crippen molar-refractivity contribution in [3.05, 3.63) is 22.9 Å². The van der Waals surface area contributed by atoms with E-state index in [1.165, 1.54) is 37.9 Å². The lowest BCUT2D eigenvalue weighted by Gasteiger charge is -2.28. The SMILES string of the molecule is Brc1cnccc1N(CC1CCCN1)C1CC1. The Bertz CT molecular complexity index is 386. The molecule has 0 radical (unpaired) electrons. The van der Waals surface area contributed by atoms with Crippen molar-refractivity contribution < 1.29 is 0 Å². The van der Waals surface area contributed by atoms with Crippen molar-refractivity contribution in [2.45, 2.75) is 37.8 Å². The average molecular weight is 296 g/mol. The summed E-state index contributed by atoms with van der Waals surface area (Å²) in [4.78, 5) is 6.70. The van der Waals surface area contributed by atoms with Crippen LogP contribution in [0.25, 0.3) is 0 Å². The minimum absolute atomic E-state index is 0.663. The van der Waals surface area contributed by atoms with Crippen LogP contribution in [0.15, 0.2) is 22.9 Å². The highest BCUT2D eigenvalue weighted by Crippen LogP contribution is 2.35. The Morgan fingerprint density at radius 1 is 1.41 bits per heavy atom. The molecule has 0 spiro atoms. The summed E-state index contributed by atoms with van der Waals surface area (Å²) in [7, 11) is 0. The maximum Gasteiger partial charge on any atom is 0.0592 e. The van der Waals surface area contributed by atoms with Crippen LogP contribution in [0.5, 0.6) is 0 Å². The maximum atomic E-state index is 4.15. The molecular weight excluding hydrogens is 278 g/mol. The van der Waals surface area contributed by atoms with Crippen LogP contribution in [0.3, 0.4) is 0 Å². The first kappa shape index (κ1) is 11.5. The number of hydrogen-bond donors (Lipinski definition) is 1. The zero-order chi connectivity index (χ0) is 11.7. The highest BCUT2D eigenvalue weighted by molar-refractivity contribution is 9.10. The van der Waals surface area contributed by atoms with E-state index in [0.29, 0.717) is 6.04 Å². The quantitative estimate of drug-likeness (QED) is 0.925. The Kier molecular flexibility index (Phi) is 3.34. The fourth-order valence-electron chi connectivity index (χ4n) is 2.58. The summed E-state index contributed by atoms with van der Waals surface area (Å²) in [5, 5.41) is 3.59. The van der Waals surface area contributed by atoms with E-state index in [2.05, 4.69) is 37.2 Å². The van der Waals surface area contributed by atoms with Crippen molar-refractivity contribution in [3.8, 4) is 0 Å². The Hall–Kier alpha value is -0.610. The predicted molar refractivity (Wildman–Crippen MR) is 73.3 cm³/mol. The van der Waals surface area contributed by atoms with E-state index >= 15 is 0 Å². The molecule has 2 aliphatic rings. The predicted octanol–water partition coefficient (Wildman–Crippen LogP) is 2.56. The van der Waals surface area contributed by atoms with Gasteiger partial charge in [0.15, 0.2) is 0 Å². The van der Waals surface area contributed by atoms with Gasteiger partial charge in [0.2, 0.25) is 0 Å². The molecule has 1 aliphatic heterocycles. The zero-order valence-corrected chi connectivity index (χ0v) is 11.5. The van der Waals surface area contributed by atoms with Gasteiger partial charge in [0.25, 0.3) is 0 Å². The molecule has 0 aromatic carbocycles. The highest BCUT2D eigenvalue weighted by atomic mass is 79.9. The molecule has 1 atom stereocenters. The summed E-state index contributed by atoms with van der Waals surface area (Å²) in [6, 6.07) is 3.53. The fourth-order valence-corrected chi connectivity index (χ4v) is 3.06. The first-order valence-electron chi connectivity index (χ1n) is 6.44. The van der Waals surface area contributed by atoms with Gasteiger partial charge in [-0.2, -0.15) is 0 Å². The van der Waals surface area contributed by atoms with Crippen LogP contribution in [-0.4, -0.2) is 30.2 Å². The minimum atomic E-state index is 0.663. The monoisotopic (exact) mass is 295 g/mol. The Morgan fingerprint density at radius 3 is 2.94 bits per heavy atom. The van der Waals surface area contributed by atoms with Crippen LogP contribution in [0.2, 0.25) is 0 Å². The van der Waals surface area contributed by atoms with Gasteiger partial charge in [-0.25, -0.2) is 0 Å². The van der Waals surface area contributed by atoms with E-state index in [4.69, 9.17) is 0 Å². The van der Waals surface area contributed by atoms with Crippen LogP contribution in [0.4, 0.5) is 5.69 Å². The van der Waals surface area contributed by atoms with Gasteiger partial charge >= 0.3 is 0 Å². The number of pyridine rings is 1. The van der Waals surface area contributed by atoms with E-state index in [1.54, 1.807) is 0 Å². The molecule has 0 bridgehead atoms. The van der Waals surface area contributed by atoms with Crippen LogP contribution in [0.1, 0.15) is 25.7 Å². The lowest BCUT2D eigenvalue weighted by molar-refractivity contribution is 0.578. The van der Waals surface area contributed by atoms with E-state index < -0.39 is 0 Å². The van der Waals surface area contributed by atoms with Gasteiger partial charge in [-0.3, -0.25) is 4.98 Å². The number of hydrogen-bond acceptors (Lipinski definition) is 3. The molecule has 2 heterocycles. The zero-order valence-electron chi connectivity index (χ0n) is 9.90. The molecule has 1 unspecified atom stereocenters. The molecule has 1 aliphatic carbocycles. The molecule has 1 saturated carbocycles. The smallest absolute Gasteiger partial charge is 0.0592 e. The molecule has 17 heavy (non-hydrogen) atoms. The van der Waals surface area contributed by atoms with Crippen molar-refractivity contribution in [2.24, 2.45) is 0 Å². The van der Waals surface area contributed by atoms with Gasteiger partial charge in [-0.1, -0.05) is 0 Å². The van der Waals surface area contributed by atoms with Crippen molar-refractivity contribution >= 4 is 21.6 Å². The van der Waals surface area contributed by atoms with Crippen molar-refractivity contribution in [3.63, 3.8) is 0 Å². The van der Waals surface area contributed by atoms with E-state index in [9.17, 15) is 0 Å². The van der Waals surface area contributed by atoms with Gasteiger partial charge in [-0.05, 0) is 54.2 Å². The maximum absolute atomic E-state index is 4.15. The van der Waals surface area contributed by atoms with Gasteiger partial charge in [0.1, 0.15) is 0 Å². The second-order valence-electron chi connectivity index (χ2n) is 5.00. The van der Waals surface area contributed by atoms with Crippen molar-refractivity contribution in [1.29, 1.82) is 0 Å². The molecule has 3 rings (SSSR count). The third-order valence-corrected chi connectivity index (χ3v) is 4.24. The highest BCUT2D eigenvalue weighted by Gasteiger charge is 2.32. The molecular formula is C13H18BrN3. The number of halogens is 1. The van der Waals surface area contributed by atoms with E-state index in [-0.39, 0.29) is 0 Å². The third-order valence-electron chi connectivity index (χ3n) is 3.63. The average Bonchev–Trinajstić information content (AvgIpc) is 3.05. The third kappa shape index (κ3) is 2.63. The molecule has 1 N–H and O–H groups in total. The van der Waals surface area contributed by atoms with Crippen LogP contribution in [0, 0.1) is 0 Å². The molecule has 3 nitrogen and oxygen atoms in total. The summed E-state index contributed by atoms with van der Waals surface area (Å²) in [6.45, 7) is 2.31. The Balaban J connectivity index is 1.77. The van der Waals surface area contributed by atoms with Crippen LogP contribution >= 0.6 is 15.9 Å². The van der Waals surface area contributed by atoms with Gasteiger partial charge in [0.05, 0.1) is 10.2 Å². The van der Waals surface area contributed by atoms with Crippen molar-refractivity contribution in [2.75, 3.05) is 18.0 Å². The summed E-state index contributed by atoms with van der Waals surface area (Å²) in [6.07, 6.45) is 9.08. The number of rotatable bonds is 4. The summed E-state index contributed by atoms with van der Waals surface area (Å²) < 4.78 is 1.12. The molecule has 4 heteroatoms. The van der Waals surface area contributed by atoms with E-state index in [0.717, 1.165) is 17.1 Å². The second kappa shape index (κ2) is 4.94. The van der Waals surface area contributed by atoms with Gasteiger partial charge in [-0.15, -0.1) is 0 Å². The summed E-state index contributed by atoms with van der Waals surface area (Å²) in [5.41, 5.74) is 1.30. The molecule has 92 valence electrons. The lowest BCUT2D eigenvalue weighted by Crippen LogP contribution is -2.39. The van der Waals surface area contributed by atoms with Crippen molar-refractivity contribution in [1.82, 2.24) is 10.3 Å². The molecule has 1 aromatic heterocycles. The molecule has 1 aromatic rings. The number of nitrogens with one attached hydrogen (secondary N) is 1. The first-order valence-corrected chi connectivity index (χ1v) is 7.23. The van der Waals surface area contributed by atoms with Crippen LogP contribution < -0.4 is 10.2 Å². The van der Waals surface area contributed by atoms with Crippen LogP contribution in [-0.2, 0) is 0 Å². The normalized spacial score (nSPS) is 23.9. The fraction of sp³-hybridized carbons (Fsp3) is 0.615. The first-order chi connectivity index (χ1) is 8.34. The standard InChI is InChI=1S/C13H18BrN3/c14-12-8-15-7-5-13(12)17(11-3-4-11)9-10-2-1-6-16-10/h5,7-8,10-11,16H,1-4,6,9H2. The lowest BCUT2D eigenvalue weighted by atomic mass is 10.2. The Morgan fingerprint density at radius 2 is 2.29 bits per heavy atom. The van der Waals surface area contributed by atoms with Gasteiger partial charge in [0, 0.05) is 31.0 Å². The topological polar surface area (TPSA) is 28.2 Å². The Labute approximate surface area is 111 Å². The summed E-state index contributed by atoms with van der Waals surface area (Å²) in [5.74, 6) is 0. The molecule has 2 fully saturated rings. The second-order valence-corrected chi connectivity index (χ2v) is 5.86. The minimum Gasteiger partial charge on any atom is -0.366 e. The van der Waals surface area contributed by atoms with E-state index in [1.807, 2.05) is 12.4 Å². The number of anilines is 1. The number of nitrogens with zero attached hydrogens (tertiary/aromatic N) is 2. The largest absolute Gasteiger partial charge is 0.366 e. The summed E-state index contributed by atoms with van der Waals surface area (Å²) >= 11 is 3.62. The number of aromatic nitrogens is 1. The molecule has 0 amide bonds.